The molecule has 6 nitrogen and oxygen atoms in total. The molecular formula is C7H6ClN3O3S. The molecule has 0 radical (unpaired) electrons. The average Bonchev–Trinajstić information content (AvgIpc) is 2.67. The van der Waals surface area contributed by atoms with E-state index in [0.717, 1.165) is 0 Å². The maximum Gasteiger partial charge on any atom is 0.242 e. The molecule has 0 amide bonds. The van der Waals surface area contributed by atoms with Gasteiger partial charge in [-0.2, -0.15) is 0 Å². The van der Waals surface area contributed by atoms with E-state index >= 15 is 0 Å². The second-order valence-electron chi connectivity index (χ2n) is 2.71. The molecule has 1 aromatic heterocycles. The van der Waals surface area contributed by atoms with E-state index in [0.29, 0.717) is 5.02 Å². The Morgan fingerprint density at radius 3 is 2.67 bits per heavy atom. The van der Waals surface area contributed by atoms with Gasteiger partial charge in [0, 0.05) is 0 Å². The smallest absolute Gasteiger partial charge is 0.242 e. The summed E-state index contributed by atoms with van der Waals surface area (Å²) in [6, 6.07) is 2.78. The van der Waals surface area contributed by atoms with Crippen molar-refractivity contribution in [1.29, 1.82) is 0 Å². The molecule has 0 atom stereocenters. The molecule has 0 aliphatic carbocycles. The second kappa shape index (κ2) is 3.44. The van der Waals surface area contributed by atoms with Gasteiger partial charge in [-0.1, -0.05) is 11.6 Å². The van der Waals surface area contributed by atoms with Gasteiger partial charge in [0.25, 0.3) is 0 Å². The third-order valence-corrected chi connectivity index (χ3v) is 3.64. The van der Waals surface area contributed by atoms with Crippen LogP contribution in [0.25, 0.3) is 11.0 Å². The van der Waals surface area contributed by atoms with Crippen LogP contribution in [-0.4, -0.2) is 25.8 Å². The van der Waals surface area contributed by atoms with Crippen molar-refractivity contribution in [2.45, 2.75) is 4.90 Å². The van der Waals surface area contributed by atoms with Crippen LogP contribution in [-0.2, 0) is 10.0 Å². The van der Waals surface area contributed by atoms with E-state index < -0.39 is 10.0 Å². The van der Waals surface area contributed by atoms with E-state index in [1.54, 1.807) is 0 Å². The van der Waals surface area contributed by atoms with E-state index in [9.17, 15) is 8.42 Å². The molecule has 1 heterocycles. The van der Waals surface area contributed by atoms with Gasteiger partial charge < -0.3 is 0 Å². The molecule has 0 spiro atoms. The normalized spacial score (nSPS) is 12.1. The SMILES string of the molecule is CNS(=O)(=O)c1ccc(Cl)c2nonc12. The molecule has 1 N–H and O–H groups in total. The zero-order valence-electron chi connectivity index (χ0n) is 7.56. The summed E-state index contributed by atoms with van der Waals surface area (Å²) in [5.41, 5.74) is 0.352. The first kappa shape index (κ1) is 10.3. The molecule has 0 saturated heterocycles. The average molecular weight is 248 g/mol. The molecule has 15 heavy (non-hydrogen) atoms. The Balaban J connectivity index is 2.84. The third kappa shape index (κ3) is 1.58. The van der Waals surface area contributed by atoms with Crippen molar-refractivity contribution < 1.29 is 13.0 Å². The van der Waals surface area contributed by atoms with Crippen molar-refractivity contribution in [2.24, 2.45) is 0 Å². The van der Waals surface area contributed by atoms with Crippen molar-refractivity contribution in [1.82, 2.24) is 15.0 Å². The summed E-state index contributed by atoms with van der Waals surface area (Å²) >= 11 is 5.79. The lowest BCUT2D eigenvalue weighted by Crippen LogP contribution is -2.18. The summed E-state index contributed by atoms with van der Waals surface area (Å²) in [7, 11) is -2.27. The van der Waals surface area contributed by atoms with Crippen LogP contribution in [0.5, 0.6) is 0 Å². The minimum Gasteiger partial charge on any atom is -0.243 e. The highest BCUT2D eigenvalue weighted by Crippen LogP contribution is 2.25. The van der Waals surface area contributed by atoms with E-state index in [1.165, 1.54) is 19.2 Å². The van der Waals surface area contributed by atoms with Crippen molar-refractivity contribution in [3.63, 3.8) is 0 Å². The molecule has 0 saturated carbocycles. The summed E-state index contributed by atoms with van der Waals surface area (Å²) in [5, 5.41) is 7.31. The Hall–Kier alpha value is -1.18. The van der Waals surface area contributed by atoms with Gasteiger partial charge in [0.05, 0.1) is 5.02 Å². The van der Waals surface area contributed by atoms with Gasteiger partial charge in [-0.25, -0.2) is 17.8 Å². The predicted octanol–water partition coefficient (Wildman–Crippen LogP) is 0.784. The van der Waals surface area contributed by atoms with Crippen LogP contribution in [0.3, 0.4) is 0 Å². The zero-order chi connectivity index (χ0) is 11.1. The number of halogens is 1. The van der Waals surface area contributed by atoms with Crippen LogP contribution in [0.15, 0.2) is 21.7 Å². The maximum absolute atomic E-state index is 11.6. The van der Waals surface area contributed by atoms with Crippen LogP contribution in [0, 0.1) is 0 Å². The van der Waals surface area contributed by atoms with Gasteiger partial charge in [0.2, 0.25) is 10.0 Å². The first-order valence-corrected chi connectivity index (χ1v) is 5.76. The van der Waals surface area contributed by atoms with Crippen molar-refractivity contribution >= 4 is 32.7 Å². The molecule has 0 aliphatic rings. The number of hydrogen-bond donors (Lipinski definition) is 1. The lowest BCUT2D eigenvalue weighted by atomic mass is 10.3. The Morgan fingerprint density at radius 1 is 1.33 bits per heavy atom. The van der Waals surface area contributed by atoms with Crippen LogP contribution >= 0.6 is 11.6 Å². The second-order valence-corrected chi connectivity index (χ2v) is 4.98. The highest BCUT2D eigenvalue weighted by atomic mass is 35.5. The summed E-state index contributed by atoms with van der Waals surface area (Å²) in [6.07, 6.45) is 0. The zero-order valence-corrected chi connectivity index (χ0v) is 9.13. The molecule has 2 rings (SSSR count). The summed E-state index contributed by atoms with van der Waals surface area (Å²) in [5.74, 6) is 0. The van der Waals surface area contributed by atoms with Gasteiger partial charge in [0.1, 0.15) is 4.90 Å². The standard InChI is InChI=1S/C7H6ClN3O3S/c1-9-15(12,13)5-3-2-4(8)6-7(5)11-14-10-6/h2-3,9H,1H3. The Bertz CT molecular complexity index is 607. The number of sulfonamides is 1. The Labute approximate surface area is 90.2 Å². The summed E-state index contributed by atoms with van der Waals surface area (Å²) in [4.78, 5) is -0.00866. The van der Waals surface area contributed by atoms with Crippen molar-refractivity contribution in [2.75, 3.05) is 7.05 Å². The fourth-order valence-electron chi connectivity index (χ4n) is 1.14. The maximum atomic E-state index is 11.6. The lowest BCUT2D eigenvalue weighted by molar-refractivity contribution is 0.315. The quantitative estimate of drug-likeness (QED) is 0.848. The topological polar surface area (TPSA) is 85.1 Å². The van der Waals surface area contributed by atoms with E-state index in [-0.39, 0.29) is 15.9 Å². The molecule has 1 aromatic carbocycles. The van der Waals surface area contributed by atoms with Crippen LogP contribution in [0.4, 0.5) is 0 Å². The van der Waals surface area contributed by atoms with Gasteiger partial charge in [-0.3, -0.25) is 0 Å². The number of fused-ring (bicyclic) bond motifs is 1. The van der Waals surface area contributed by atoms with Crippen LogP contribution in [0.1, 0.15) is 0 Å². The van der Waals surface area contributed by atoms with E-state index in [1.807, 2.05) is 0 Å². The molecule has 0 aliphatic heterocycles. The monoisotopic (exact) mass is 247 g/mol. The molecule has 0 unspecified atom stereocenters. The minimum atomic E-state index is -3.58. The van der Waals surface area contributed by atoms with E-state index in [2.05, 4.69) is 19.7 Å². The fraction of sp³-hybridized carbons (Fsp3) is 0.143. The third-order valence-electron chi connectivity index (χ3n) is 1.89. The Kier molecular flexibility index (Phi) is 2.37. The molecule has 8 heteroatoms. The minimum absolute atomic E-state index is 0.00866. The number of nitrogens with one attached hydrogen (secondary N) is 1. The number of rotatable bonds is 2. The van der Waals surface area contributed by atoms with E-state index in [4.69, 9.17) is 11.6 Å². The molecule has 80 valence electrons. The summed E-state index contributed by atoms with van der Waals surface area (Å²) < 4.78 is 29.7. The van der Waals surface area contributed by atoms with Gasteiger partial charge in [0.15, 0.2) is 11.0 Å². The van der Waals surface area contributed by atoms with Crippen LogP contribution in [0.2, 0.25) is 5.02 Å². The van der Waals surface area contributed by atoms with Crippen molar-refractivity contribution in [3.8, 4) is 0 Å². The lowest BCUT2D eigenvalue weighted by Gasteiger charge is -2.01. The van der Waals surface area contributed by atoms with Gasteiger partial charge >= 0.3 is 0 Å². The molecule has 0 bridgehead atoms. The first-order chi connectivity index (χ1) is 7.06. The number of hydrogen-bond acceptors (Lipinski definition) is 5. The van der Waals surface area contributed by atoms with Gasteiger partial charge in [-0.05, 0) is 29.5 Å². The Morgan fingerprint density at radius 2 is 2.00 bits per heavy atom. The number of benzene rings is 1. The highest BCUT2D eigenvalue weighted by molar-refractivity contribution is 7.89. The first-order valence-electron chi connectivity index (χ1n) is 3.90. The largest absolute Gasteiger partial charge is 0.243 e. The number of aromatic nitrogens is 2. The predicted molar refractivity (Wildman–Crippen MR) is 53.1 cm³/mol. The number of nitrogens with zero attached hydrogens (tertiary/aromatic N) is 2. The van der Waals surface area contributed by atoms with Gasteiger partial charge in [-0.15, -0.1) is 0 Å². The highest BCUT2D eigenvalue weighted by Gasteiger charge is 2.20. The fourth-order valence-corrected chi connectivity index (χ4v) is 2.18. The summed E-state index contributed by atoms with van der Waals surface area (Å²) in [6.45, 7) is 0. The molecule has 0 fully saturated rings. The molecular weight excluding hydrogens is 242 g/mol. The van der Waals surface area contributed by atoms with Crippen molar-refractivity contribution in [3.05, 3.63) is 17.2 Å². The van der Waals surface area contributed by atoms with Crippen LogP contribution < -0.4 is 4.72 Å². The molecule has 2 aromatic rings.